The molecule has 0 aromatic heterocycles. The van der Waals surface area contributed by atoms with Crippen molar-refractivity contribution in [3.8, 4) is 0 Å². The summed E-state index contributed by atoms with van der Waals surface area (Å²) in [5, 5.41) is 9.12. The number of carbonyl (C=O) groups is 2. The van der Waals surface area contributed by atoms with Gasteiger partial charge in [-0.3, -0.25) is 9.59 Å². The van der Waals surface area contributed by atoms with Gasteiger partial charge >= 0.3 is 5.97 Å². The average molecular weight is 269 g/mol. The van der Waals surface area contributed by atoms with Crippen molar-refractivity contribution in [3.05, 3.63) is 0 Å². The molecule has 110 valence electrons. The Morgan fingerprint density at radius 3 is 2.42 bits per heavy atom. The van der Waals surface area contributed by atoms with E-state index in [2.05, 4.69) is 20.8 Å². The lowest BCUT2D eigenvalue weighted by Crippen LogP contribution is -2.45. The van der Waals surface area contributed by atoms with Crippen molar-refractivity contribution in [3.63, 3.8) is 0 Å². The third-order valence-electron chi connectivity index (χ3n) is 3.76. The Morgan fingerprint density at radius 2 is 1.89 bits per heavy atom. The highest BCUT2D eigenvalue weighted by Crippen LogP contribution is 2.24. The van der Waals surface area contributed by atoms with E-state index in [4.69, 9.17) is 5.11 Å². The van der Waals surface area contributed by atoms with E-state index in [1.54, 1.807) is 4.90 Å². The quantitative estimate of drug-likeness (QED) is 0.834. The minimum Gasteiger partial charge on any atom is -0.481 e. The van der Waals surface area contributed by atoms with E-state index in [1.165, 1.54) is 0 Å². The number of carboxylic acid groups (broad SMARTS) is 1. The fourth-order valence-corrected chi connectivity index (χ4v) is 3.05. The zero-order chi connectivity index (χ0) is 14.6. The number of likely N-dealkylation sites (tertiary alicyclic amines) is 1. The van der Waals surface area contributed by atoms with Crippen LogP contribution in [-0.4, -0.2) is 35.0 Å². The molecular formula is C15H27NO3. The van der Waals surface area contributed by atoms with Crippen molar-refractivity contribution in [2.75, 3.05) is 13.1 Å². The number of hydrogen-bond donors (Lipinski definition) is 1. The minimum atomic E-state index is -0.778. The first-order valence-corrected chi connectivity index (χ1v) is 7.30. The third-order valence-corrected chi connectivity index (χ3v) is 3.76. The molecule has 0 bridgehead atoms. The highest BCUT2D eigenvalue weighted by molar-refractivity contribution is 5.78. The molecule has 1 N–H and O–H groups in total. The maximum atomic E-state index is 12.2. The summed E-state index contributed by atoms with van der Waals surface area (Å²) in [6.07, 6.45) is 2.26. The Kier molecular flexibility index (Phi) is 5.83. The molecule has 0 aromatic carbocycles. The predicted molar refractivity (Wildman–Crippen MR) is 74.7 cm³/mol. The second-order valence-corrected chi connectivity index (χ2v) is 6.61. The van der Waals surface area contributed by atoms with E-state index < -0.39 is 11.9 Å². The van der Waals surface area contributed by atoms with Crippen LogP contribution in [0.4, 0.5) is 0 Å². The highest BCUT2D eigenvalue weighted by Gasteiger charge is 2.32. The van der Waals surface area contributed by atoms with Crippen LogP contribution in [0.25, 0.3) is 0 Å². The molecule has 19 heavy (non-hydrogen) atoms. The van der Waals surface area contributed by atoms with Crippen molar-refractivity contribution in [2.24, 2.45) is 23.7 Å². The van der Waals surface area contributed by atoms with E-state index in [0.717, 1.165) is 6.42 Å². The zero-order valence-electron chi connectivity index (χ0n) is 12.6. The molecule has 4 heteroatoms. The fraction of sp³-hybridized carbons (Fsp3) is 0.867. The Balaban J connectivity index is 2.53. The van der Waals surface area contributed by atoms with Crippen molar-refractivity contribution in [1.29, 1.82) is 0 Å². The molecule has 0 aliphatic carbocycles. The van der Waals surface area contributed by atoms with E-state index in [1.807, 2.05) is 6.92 Å². The lowest BCUT2D eigenvalue weighted by atomic mass is 9.89. The molecule has 1 amide bonds. The lowest BCUT2D eigenvalue weighted by Gasteiger charge is -2.35. The van der Waals surface area contributed by atoms with Gasteiger partial charge in [-0.2, -0.15) is 0 Å². The van der Waals surface area contributed by atoms with Crippen LogP contribution in [0.1, 0.15) is 47.0 Å². The number of nitrogens with zero attached hydrogens (tertiary/aromatic N) is 1. The van der Waals surface area contributed by atoms with Crippen LogP contribution in [-0.2, 0) is 9.59 Å². The smallest absolute Gasteiger partial charge is 0.308 e. The molecular weight excluding hydrogens is 242 g/mol. The van der Waals surface area contributed by atoms with Crippen LogP contribution in [0.5, 0.6) is 0 Å². The summed E-state index contributed by atoms with van der Waals surface area (Å²) >= 11 is 0. The summed E-state index contributed by atoms with van der Waals surface area (Å²) in [5.41, 5.74) is 0. The Bertz CT molecular complexity index is 327. The van der Waals surface area contributed by atoms with Gasteiger partial charge in [-0.1, -0.05) is 27.7 Å². The first-order valence-electron chi connectivity index (χ1n) is 7.30. The topological polar surface area (TPSA) is 57.6 Å². The number of piperidine rings is 1. The van der Waals surface area contributed by atoms with Gasteiger partial charge in [0.05, 0.1) is 5.92 Å². The summed E-state index contributed by atoms with van der Waals surface area (Å²) in [6, 6.07) is 0. The normalized spacial score (nSPS) is 25.4. The molecule has 0 spiro atoms. The second-order valence-electron chi connectivity index (χ2n) is 6.61. The van der Waals surface area contributed by atoms with Gasteiger partial charge in [0.2, 0.25) is 5.91 Å². The van der Waals surface area contributed by atoms with Crippen molar-refractivity contribution in [2.45, 2.75) is 47.0 Å². The number of rotatable bonds is 5. The van der Waals surface area contributed by atoms with Crippen LogP contribution in [0, 0.1) is 23.7 Å². The maximum absolute atomic E-state index is 12.2. The molecule has 3 atom stereocenters. The standard InChI is InChI=1S/C15H27NO3/c1-10(2)5-11(3)7-14(17)16-8-12(4)6-13(9-16)15(18)19/h10-13H,5-9H2,1-4H3,(H,18,19). The summed E-state index contributed by atoms with van der Waals surface area (Å²) in [4.78, 5) is 25.1. The molecule has 1 saturated heterocycles. The number of aliphatic carboxylic acids is 1. The van der Waals surface area contributed by atoms with Gasteiger partial charge in [0.15, 0.2) is 0 Å². The minimum absolute atomic E-state index is 0.117. The molecule has 1 aliphatic heterocycles. The van der Waals surface area contributed by atoms with Crippen LogP contribution >= 0.6 is 0 Å². The van der Waals surface area contributed by atoms with Crippen molar-refractivity contribution >= 4 is 11.9 Å². The molecule has 1 fully saturated rings. The molecule has 4 nitrogen and oxygen atoms in total. The predicted octanol–water partition coefficient (Wildman–Crippen LogP) is 2.63. The Hall–Kier alpha value is -1.06. The first-order chi connectivity index (χ1) is 8.79. The Morgan fingerprint density at radius 1 is 1.26 bits per heavy atom. The number of hydrogen-bond acceptors (Lipinski definition) is 2. The van der Waals surface area contributed by atoms with Crippen LogP contribution in [0.15, 0.2) is 0 Å². The SMILES string of the molecule is CC(C)CC(C)CC(=O)N1CC(C)CC(C(=O)O)C1. The van der Waals surface area contributed by atoms with Gasteiger partial charge in [-0.15, -0.1) is 0 Å². The van der Waals surface area contributed by atoms with Gasteiger partial charge in [0.1, 0.15) is 0 Å². The average Bonchev–Trinajstić information content (AvgIpc) is 2.26. The van der Waals surface area contributed by atoms with Crippen LogP contribution < -0.4 is 0 Å². The zero-order valence-corrected chi connectivity index (χ0v) is 12.6. The number of carboxylic acids is 1. The summed E-state index contributed by atoms with van der Waals surface area (Å²) in [6.45, 7) is 9.52. The number of carbonyl (C=O) groups excluding carboxylic acids is 1. The van der Waals surface area contributed by atoms with E-state index in [9.17, 15) is 9.59 Å². The summed E-state index contributed by atoms with van der Waals surface area (Å²) in [5.74, 6) is 0.181. The van der Waals surface area contributed by atoms with Gasteiger partial charge in [0, 0.05) is 19.5 Å². The van der Waals surface area contributed by atoms with Gasteiger partial charge in [0.25, 0.3) is 0 Å². The summed E-state index contributed by atoms with van der Waals surface area (Å²) < 4.78 is 0. The van der Waals surface area contributed by atoms with E-state index in [-0.39, 0.29) is 11.8 Å². The second kappa shape index (κ2) is 6.92. The monoisotopic (exact) mass is 269 g/mol. The number of amides is 1. The largest absolute Gasteiger partial charge is 0.481 e. The molecule has 3 unspecified atom stereocenters. The Labute approximate surface area is 116 Å². The molecule has 1 rings (SSSR count). The molecule has 0 aromatic rings. The molecule has 0 saturated carbocycles. The van der Waals surface area contributed by atoms with Gasteiger partial charge in [-0.25, -0.2) is 0 Å². The fourth-order valence-electron chi connectivity index (χ4n) is 3.05. The first kappa shape index (κ1) is 16.0. The molecule has 0 radical (unpaired) electrons. The highest BCUT2D eigenvalue weighted by atomic mass is 16.4. The van der Waals surface area contributed by atoms with Crippen molar-refractivity contribution < 1.29 is 14.7 Å². The third kappa shape index (κ3) is 5.21. The van der Waals surface area contributed by atoms with Crippen LogP contribution in [0.3, 0.4) is 0 Å². The summed E-state index contributed by atoms with van der Waals surface area (Å²) in [7, 11) is 0. The molecule has 1 heterocycles. The van der Waals surface area contributed by atoms with Crippen molar-refractivity contribution in [1.82, 2.24) is 4.90 Å². The van der Waals surface area contributed by atoms with E-state index in [0.29, 0.717) is 37.8 Å². The van der Waals surface area contributed by atoms with Gasteiger partial charge in [-0.05, 0) is 30.6 Å². The van der Waals surface area contributed by atoms with E-state index >= 15 is 0 Å². The lowest BCUT2D eigenvalue weighted by molar-refractivity contribution is -0.147. The maximum Gasteiger partial charge on any atom is 0.308 e. The van der Waals surface area contributed by atoms with Crippen LogP contribution in [0.2, 0.25) is 0 Å². The van der Waals surface area contributed by atoms with Gasteiger partial charge < -0.3 is 10.0 Å². The molecule has 1 aliphatic rings.